The van der Waals surface area contributed by atoms with Crippen LogP contribution >= 0.6 is 11.3 Å². The van der Waals surface area contributed by atoms with Crippen LogP contribution < -0.4 is 10.6 Å². The van der Waals surface area contributed by atoms with E-state index in [-0.39, 0.29) is 5.97 Å². The Morgan fingerprint density at radius 1 is 1.50 bits per heavy atom. The Morgan fingerprint density at radius 3 is 3.00 bits per heavy atom. The molecule has 1 saturated heterocycles. The van der Waals surface area contributed by atoms with Crippen molar-refractivity contribution in [2.75, 3.05) is 30.8 Å². The Bertz CT molecular complexity index is 431. The fraction of sp³-hybridized carbons (Fsp3) is 0.615. The first kappa shape index (κ1) is 13.2. The molecule has 0 aromatic carbocycles. The smallest absolute Gasteiger partial charge is 0.350 e. The van der Waals surface area contributed by atoms with Gasteiger partial charge in [-0.05, 0) is 31.2 Å². The standard InChI is InChI=1S/C13H20N2O2S/c1-9-4-3-6-15(7-5-9)11-8-10(14)12(18-11)13(16)17-2/h8-9H,3-7,14H2,1-2H3. The van der Waals surface area contributed by atoms with E-state index in [1.54, 1.807) is 0 Å². The largest absolute Gasteiger partial charge is 0.465 e. The van der Waals surface area contributed by atoms with Crippen LogP contribution in [0, 0.1) is 5.92 Å². The van der Waals surface area contributed by atoms with Crippen LogP contribution in [0.3, 0.4) is 0 Å². The lowest BCUT2D eigenvalue weighted by Crippen LogP contribution is -2.22. The summed E-state index contributed by atoms with van der Waals surface area (Å²) in [5.41, 5.74) is 6.40. The number of carbonyl (C=O) groups excluding carboxylic acids is 1. The molecule has 0 bridgehead atoms. The normalized spacial score (nSPS) is 20.6. The van der Waals surface area contributed by atoms with Gasteiger partial charge in [0.1, 0.15) is 4.88 Å². The Hall–Kier alpha value is -1.23. The summed E-state index contributed by atoms with van der Waals surface area (Å²) in [6, 6.07) is 1.90. The number of carbonyl (C=O) groups is 1. The maximum absolute atomic E-state index is 11.5. The number of esters is 1. The van der Waals surface area contributed by atoms with Gasteiger partial charge in [0.25, 0.3) is 0 Å². The van der Waals surface area contributed by atoms with E-state index in [0.29, 0.717) is 10.6 Å². The van der Waals surface area contributed by atoms with Gasteiger partial charge in [-0.15, -0.1) is 11.3 Å². The molecule has 0 spiro atoms. The third kappa shape index (κ3) is 2.77. The van der Waals surface area contributed by atoms with Crippen LogP contribution in [0.4, 0.5) is 10.7 Å². The van der Waals surface area contributed by atoms with Crippen LogP contribution in [-0.2, 0) is 4.74 Å². The molecule has 1 aliphatic heterocycles. The van der Waals surface area contributed by atoms with Crippen LogP contribution in [0.25, 0.3) is 0 Å². The minimum absolute atomic E-state index is 0.341. The molecule has 4 nitrogen and oxygen atoms in total. The van der Waals surface area contributed by atoms with E-state index in [2.05, 4.69) is 11.8 Å². The molecule has 18 heavy (non-hydrogen) atoms. The summed E-state index contributed by atoms with van der Waals surface area (Å²) in [5.74, 6) is 0.444. The summed E-state index contributed by atoms with van der Waals surface area (Å²) < 4.78 is 4.73. The quantitative estimate of drug-likeness (QED) is 0.838. The van der Waals surface area contributed by atoms with E-state index in [9.17, 15) is 4.79 Å². The second-order valence-corrected chi connectivity index (χ2v) is 5.91. The number of anilines is 2. The highest BCUT2D eigenvalue weighted by molar-refractivity contribution is 7.18. The predicted molar refractivity (Wildman–Crippen MR) is 75.3 cm³/mol. The highest BCUT2D eigenvalue weighted by atomic mass is 32.1. The van der Waals surface area contributed by atoms with Crippen molar-refractivity contribution in [3.63, 3.8) is 0 Å². The second-order valence-electron chi connectivity index (χ2n) is 4.88. The topological polar surface area (TPSA) is 55.6 Å². The zero-order valence-corrected chi connectivity index (χ0v) is 11.8. The minimum Gasteiger partial charge on any atom is -0.465 e. The molecule has 1 atom stereocenters. The lowest BCUT2D eigenvalue weighted by Gasteiger charge is -2.20. The van der Waals surface area contributed by atoms with Crippen molar-refractivity contribution in [3.05, 3.63) is 10.9 Å². The molecule has 0 saturated carbocycles. The summed E-state index contributed by atoms with van der Waals surface area (Å²) in [5, 5.41) is 1.09. The van der Waals surface area contributed by atoms with Crippen molar-refractivity contribution in [2.24, 2.45) is 5.92 Å². The Kier molecular flexibility index (Phi) is 4.11. The molecule has 2 heterocycles. The number of nitrogen functional groups attached to an aromatic ring is 1. The molecule has 2 rings (SSSR count). The Balaban J connectivity index is 2.15. The van der Waals surface area contributed by atoms with Crippen LogP contribution in [0.15, 0.2) is 6.07 Å². The van der Waals surface area contributed by atoms with Crippen LogP contribution in [0.5, 0.6) is 0 Å². The summed E-state index contributed by atoms with van der Waals surface area (Å²) in [6.07, 6.45) is 3.68. The minimum atomic E-state index is -0.341. The average Bonchev–Trinajstić information content (AvgIpc) is 2.60. The van der Waals surface area contributed by atoms with Crippen molar-refractivity contribution >= 4 is 28.0 Å². The van der Waals surface area contributed by atoms with E-state index in [1.807, 2.05) is 6.07 Å². The van der Waals surface area contributed by atoms with Crippen molar-refractivity contribution in [3.8, 4) is 0 Å². The molecular formula is C13H20N2O2S. The lowest BCUT2D eigenvalue weighted by atomic mass is 10.0. The molecule has 100 valence electrons. The van der Waals surface area contributed by atoms with E-state index in [1.165, 1.54) is 37.7 Å². The van der Waals surface area contributed by atoms with Gasteiger partial charge in [-0.3, -0.25) is 0 Å². The maximum atomic E-state index is 11.5. The zero-order valence-electron chi connectivity index (χ0n) is 10.9. The summed E-state index contributed by atoms with van der Waals surface area (Å²) in [7, 11) is 1.38. The van der Waals surface area contributed by atoms with Crippen LogP contribution in [-0.4, -0.2) is 26.2 Å². The van der Waals surface area contributed by atoms with Crippen LogP contribution in [0.1, 0.15) is 35.9 Å². The molecule has 0 amide bonds. The van der Waals surface area contributed by atoms with Gasteiger partial charge in [0.15, 0.2) is 0 Å². The first-order valence-electron chi connectivity index (χ1n) is 6.34. The molecule has 0 radical (unpaired) electrons. The second kappa shape index (κ2) is 5.61. The molecule has 0 aliphatic carbocycles. The maximum Gasteiger partial charge on any atom is 0.350 e. The fourth-order valence-electron chi connectivity index (χ4n) is 2.28. The van der Waals surface area contributed by atoms with Crippen molar-refractivity contribution in [2.45, 2.75) is 26.2 Å². The van der Waals surface area contributed by atoms with E-state index >= 15 is 0 Å². The summed E-state index contributed by atoms with van der Waals surface area (Å²) >= 11 is 1.44. The Morgan fingerprint density at radius 2 is 2.28 bits per heavy atom. The third-order valence-corrected chi connectivity index (χ3v) is 4.64. The molecule has 1 aliphatic rings. The van der Waals surface area contributed by atoms with Gasteiger partial charge < -0.3 is 15.4 Å². The first-order valence-corrected chi connectivity index (χ1v) is 7.16. The number of rotatable bonds is 2. The highest BCUT2D eigenvalue weighted by Crippen LogP contribution is 2.34. The van der Waals surface area contributed by atoms with Gasteiger partial charge in [-0.1, -0.05) is 6.92 Å². The predicted octanol–water partition coefficient (Wildman–Crippen LogP) is 2.74. The number of hydrogen-bond donors (Lipinski definition) is 1. The third-order valence-electron chi connectivity index (χ3n) is 3.45. The monoisotopic (exact) mass is 268 g/mol. The average molecular weight is 268 g/mol. The molecule has 1 unspecified atom stereocenters. The highest BCUT2D eigenvalue weighted by Gasteiger charge is 2.20. The van der Waals surface area contributed by atoms with Crippen molar-refractivity contribution in [1.82, 2.24) is 0 Å². The number of nitrogens with zero attached hydrogens (tertiary/aromatic N) is 1. The van der Waals surface area contributed by atoms with E-state index < -0.39 is 0 Å². The fourth-order valence-corrected chi connectivity index (χ4v) is 3.33. The van der Waals surface area contributed by atoms with Gasteiger partial charge in [0.05, 0.1) is 17.8 Å². The van der Waals surface area contributed by atoms with Gasteiger partial charge in [0, 0.05) is 13.1 Å². The van der Waals surface area contributed by atoms with Crippen molar-refractivity contribution in [1.29, 1.82) is 0 Å². The first-order chi connectivity index (χ1) is 8.61. The van der Waals surface area contributed by atoms with E-state index in [0.717, 1.165) is 24.0 Å². The van der Waals surface area contributed by atoms with Crippen molar-refractivity contribution < 1.29 is 9.53 Å². The molecule has 1 fully saturated rings. The Labute approximate surface area is 112 Å². The molecule has 1 aromatic heterocycles. The van der Waals surface area contributed by atoms with Gasteiger partial charge in [0.2, 0.25) is 0 Å². The van der Waals surface area contributed by atoms with Gasteiger partial charge >= 0.3 is 5.97 Å². The summed E-state index contributed by atoms with van der Waals surface area (Å²) in [4.78, 5) is 14.4. The number of nitrogens with two attached hydrogens (primary N) is 1. The SMILES string of the molecule is COC(=O)c1sc(N2CCCC(C)CC2)cc1N. The molecular weight excluding hydrogens is 248 g/mol. The van der Waals surface area contributed by atoms with Crippen LogP contribution in [0.2, 0.25) is 0 Å². The van der Waals surface area contributed by atoms with E-state index in [4.69, 9.17) is 10.5 Å². The summed E-state index contributed by atoms with van der Waals surface area (Å²) in [6.45, 7) is 4.39. The molecule has 1 aromatic rings. The molecule has 5 heteroatoms. The van der Waals surface area contributed by atoms with Gasteiger partial charge in [-0.2, -0.15) is 0 Å². The number of ether oxygens (including phenoxy) is 1. The number of thiophene rings is 1. The number of methoxy groups -OCH3 is 1. The number of hydrogen-bond acceptors (Lipinski definition) is 5. The lowest BCUT2D eigenvalue weighted by molar-refractivity contribution is 0.0607. The molecule has 2 N–H and O–H groups in total. The van der Waals surface area contributed by atoms with Gasteiger partial charge in [-0.25, -0.2) is 4.79 Å². The zero-order chi connectivity index (χ0) is 13.1.